The third-order valence-corrected chi connectivity index (χ3v) is 6.21. The van der Waals surface area contributed by atoms with Gasteiger partial charge in [0, 0.05) is 49.1 Å². The molecule has 0 unspecified atom stereocenters. The number of hydrogen-bond donors (Lipinski definition) is 2. The Bertz CT molecular complexity index is 1450. The molecule has 0 radical (unpaired) electrons. The van der Waals surface area contributed by atoms with E-state index in [1.807, 2.05) is 30.5 Å². The van der Waals surface area contributed by atoms with Crippen molar-refractivity contribution in [1.29, 1.82) is 0 Å². The van der Waals surface area contributed by atoms with Crippen LogP contribution in [0.5, 0.6) is 0 Å². The van der Waals surface area contributed by atoms with Crippen molar-refractivity contribution in [2.45, 2.75) is 0 Å². The van der Waals surface area contributed by atoms with Crippen LogP contribution in [0.4, 0.5) is 17.3 Å². The van der Waals surface area contributed by atoms with E-state index >= 15 is 0 Å². The summed E-state index contributed by atoms with van der Waals surface area (Å²) in [7, 11) is 2.16. The molecule has 2 N–H and O–H groups in total. The lowest BCUT2D eigenvalue weighted by atomic mass is 10.2. The molecular formula is C23H22ClN9. The minimum atomic E-state index is 0.449. The molecule has 4 aromatic heterocycles. The number of benzene rings is 1. The number of aromatic nitrogens is 6. The standard InChI is InChI=1S/C23H22ClN9/c1-31-9-11-32(12-10-31)16-4-2-3-15(13-16)27-23-28-21(17-7-8-25-22(17)29-23)18-5-6-20-26-14-19(24)33(20)30-18/h2-8,13-14H,9-12H2,1H3,(H2,25,27,28,29). The zero-order chi connectivity index (χ0) is 22.4. The van der Waals surface area contributed by atoms with Crippen molar-refractivity contribution in [3.8, 4) is 11.4 Å². The number of nitrogens with one attached hydrogen (secondary N) is 2. The first-order chi connectivity index (χ1) is 16.1. The van der Waals surface area contributed by atoms with Gasteiger partial charge < -0.3 is 20.1 Å². The van der Waals surface area contributed by atoms with Crippen LogP contribution in [-0.4, -0.2) is 67.7 Å². The zero-order valence-corrected chi connectivity index (χ0v) is 18.8. The van der Waals surface area contributed by atoms with E-state index in [9.17, 15) is 0 Å². The van der Waals surface area contributed by atoms with E-state index in [1.165, 1.54) is 5.69 Å². The second-order valence-corrected chi connectivity index (χ2v) is 8.56. The highest BCUT2D eigenvalue weighted by molar-refractivity contribution is 6.29. The monoisotopic (exact) mass is 459 g/mol. The van der Waals surface area contributed by atoms with Crippen molar-refractivity contribution < 1.29 is 0 Å². The van der Waals surface area contributed by atoms with Gasteiger partial charge in [-0.3, -0.25) is 0 Å². The van der Waals surface area contributed by atoms with E-state index in [0.29, 0.717) is 28.1 Å². The molecule has 0 bridgehead atoms. The number of hydrogen-bond acceptors (Lipinski definition) is 7. The summed E-state index contributed by atoms with van der Waals surface area (Å²) >= 11 is 6.23. The number of nitrogens with zero attached hydrogens (tertiary/aromatic N) is 7. The van der Waals surface area contributed by atoms with Gasteiger partial charge in [-0.2, -0.15) is 10.1 Å². The average Bonchev–Trinajstić information content (AvgIpc) is 3.46. The van der Waals surface area contributed by atoms with Crippen molar-refractivity contribution >= 4 is 45.6 Å². The third-order valence-electron chi connectivity index (χ3n) is 5.95. The summed E-state index contributed by atoms with van der Waals surface area (Å²) in [5.74, 6) is 0.495. The molecule has 1 aliphatic heterocycles. The van der Waals surface area contributed by atoms with Crippen molar-refractivity contribution in [1.82, 2.24) is 34.4 Å². The summed E-state index contributed by atoms with van der Waals surface area (Å²) in [5.41, 5.74) is 4.94. The average molecular weight is 460 g/mol. The van der Waals surface area contributed by atoms with Gasteiger partial charge in [0.15, 0.2) is 10.8 Å². The minimum absolute atomic E-state index is 0.449. The maximum Gasteiger partial charge on any atom is 0.229 e. The fourth-order valence-corrected chi connectivity index (χ4v) is 4.31. The molecule has 5 aromatic rings. The highest BCUT2D eigenvalue weighted by Gasteiger charge is 2.16. The Morgan fingerprint density at radius 3 is 2.79 bits per heavy atom. The molecule has 0 spiro atoms. The van der Waals surface area contributed by atoms with Crippen LogP contribution in [0.15, 0.2) is 54.9 Å². The topological polar surface area (TPSA) is 90.3 Å². The normalized spacial score (nSPS) is 14.9. The minimum Gasteiger partial charge on any atom is -0.369 e. The number of anilines is 3. The predicted molar refractivity (Wildman–Crippen MR) is 130 cm³/mol. The Labute approximate surface area is 195 Å². The quantitative estimate of drug-likeness (QED) is 0.422. The first-order valence-corrected chi connectivity index (χ1v) is 11.2. The number of piperazine rings is 1. The third kappa shape index (κ3) is 3.75. The van der Waals surface area contributed by atoms with Crippen LogP contribution in [0.2, 0.25) is 5.15 Å². The molecule has 0 saturated carbocycles. The number of rotatable bonds is 4. The lowest BCUT2D eigenvalue weighted by molar-refractivity contribution is 0.313. The Kier molecular flexibility index (Phi) is 4.85. The largest absolute Gasteiger partial charge is 0.369 e. The maximum absolute atomic E-state index is 6.23. The Hall–Kier alpha value is -3.69. The van der Waals surface area contributed by atoms with E-state index in [0.717, 1.165) is 42.9 Å². The van der Waals surface area contributed by atoms with E-state index < -0.39 is 0 Å². The first kappa shape index (κ1) is 20.0. The maximum atomic E-state index is 6.23. The Morgan fingerprint density at radius 1 is 1.03 bits per heavy atom. The second kappa shape index (κ2) is 8.02. The fourth-order valence-electron chi connectivity index (χ4n) is 4.14. The Balaban J connectivity index is 1.36. The highest BCUT2D eigenvalue weighted by atomic mass is 35.5. The van der Waals surface area contributed by atoms with E-state index in [-0.39, 0.29) is 0 Å². The summed E-state index contributed by atoms with van der Waals surface area (Å²) in [6.07, 6.45) is 3.43. The van der Waals surface area contributed by atoms with Gasteiger partial charge >= 0.3 is 0 Å². The van der Waals surface area contributed by atoms with Gasteiger partial charge in [-0.1, -0.05) is 17.7 Å². The van der Waals surface area contributed by atoms with E-state index in [2.05, 4.69) is 60.4 Å². The molecular weight excluding hydrogens is 438 g/mol. The van der Waals surface area contributed by atoms with E-state index in [1.54, 1.807) is 10.7 Å². The Morgan fingerprint density at radius 2 is 1.91 bits per heavy atom. The molecule has 1 fully saturated rings. The zero-order valence-electron chi connectivity index (χ0n) is 18.0. The number of imidazole rings is 1. The van der Waals surface area contributed by atoms with Gasteiger partial charge in [0.05, 0.1) is 6.20 Å². The molecule has 1 aliphatic rings. The van der Waals surface area contributed by atoms with Gasteiger partial charge in [0.2, 0.25) is 5.95 Å². The number of aromatic amines is 1. The van der Waals surface area contributed by atoms with Gasteiger partial charge in [-0.05, 0) is 43.4 Å². The number of halogens is 1. The molecule has 0 amide bonds. The van der Waals surface area contributed by atoms with Crippen LogP contribution in [0.3, 0.4) is 0 Å². The van der Waals surface area contributed by atoms with Crippen LogP contribution in [-0.2, 0) is 0 Å². The second-order valence-electron chi connectivity index (χ2n) is 8.17. The number of H-pyrrole nitrogens is 1. The molecule has 0 atom stereocenters. The van der Waals surface area contributed by atoms with Crippen molar-refractivity contribution in [3.63, 3.8) is 0 Å². The molecule has 10 heteroatoms. The van der Waals surface area contributed by atoms with Gasteiger partial charge in [-0.15, -0.1) is 0 Å². The lowest BCUT2D eigenvalue weighted by Crippen LogP contribution is -2.44. The summed E-state index contributed by atoms with van der Waals surface area (Å²) < 4.78 is 1.60. The van der Waals surface area contributed by atoms with Gasteiger partial charge in [0.25, 0.3) is 0 Å². The number of fused-ring (bicyclic) bond motifs is 2. The fraction of sp³-hybridized carbons (Fsp3) is 0.217. The molecule has 1 aromatic carbocycles. The summed E-state index contributed by atoms with van der Waals surface area (Å²) in [6.45, 7) is 4.15. The molecule has 5 heterocycles. The highest BCUT2D eigenvalue weighted by Crippen LogP contribution is 2.28. The number of likely N-dealkylation sites (N-methyl/N-ethyl adjacent to an activating group) is 1. The molecule has 0 aliphatic carbocycles. The van der Waals surface area contributed by atoms with Crippen LogP contribution in [0.25, 0.3) is 28.1 Å². The molecule has 6 rings (SSSR count). The SMILES string of the molecule is CN1CCN(c2cccc(Nc3nc(-c4ccc5ncc(Cl)n5n4)c4cc[nH]c4n3)c2)CC1. The lowest BCUT2D eigenvalue weighted by Gasteiger charge is -2.34. The first-order valence-electron chi connectivity index (χ1n) is 10.8. The molecule has 33 heavy (non-hydrogen) atoms. The molecule has 9 nitrogen and oxygen atoms in total. The summed E-state index contributed by atoms with van der Waals surface area (Å²) in [4.78, 5) is 21.7. The van der Waals surface area contributed by atoms with Crippen molar-refractivity contribution in [2.24, 2.45) is 0 Å². The molecule has 166 valence electrons. The summed E-state index contributed by atoms with van der Waals surface area (Å²) in [5, 5.41) is 9.35. The van der Waals surface area contributed by atoms with Crippen LogP contribution in [0, 0.1) is 0 Å². The predicted octanol–water partition coefficient (Wildman–Crippen LogP) is 3.82. The van der Waals surface area contributed by atoms with Gasteiger partial charge in [-0.25, -0.2) is 14.5 Å². The molecule has 1 saturated heterocycles. The van der Waals surface area contributed by atoms with Gasteiger partial charge in [0.1, 0.15) is 17.0 Å². The van der Waals surface area contributed by atoms with Crippen LogP contribution < -0.4 is 10.2 Å². The van der Waals surface area contributed by atoms with E-state index in [4.69, 9.17) is 16.6 Å². The van der Waals surface area contributed by atoms with Crippen molar-refractivity contribution in [2.75, 3.05) is 43.4 Å². The van der Waals surface area contributed by atoms with Crippen LogP contribution in [0.1, 0.15) is 0 Å². The van der Waals surface area contributed by atoms with Crippen molar-refractivity contribution in [3.05, 3.63) is 60.0 Å². The smallest absolute Gasteiger partial charge is 0.229 e. The summed E-state index contributed by atoms with van der Waals surface area (Å²) in [6, 6.07) is 14.1. The van der Waals surface area contributed by atoms with Crippen LogP contribution >= 0.6 is 11.6 Å².